The topological polar surface area (TPSA) is 88.6 Å². The van der Waals surface area contributed by atoms with Gasteiger partial charge in [0.25, 0.3) is 0 Å². The van der Waals surface area contributed by atoms with E-state index >= 15 is 0 Å². The molecule has 0 aliphatic carbocycles. The second kappa shape index (κ2) is 5.73. The summed E-state index contributed by atoms with van der Waals surface area (Å²) in [5.41, 5.74) is 3.55. The van der Waals surface area contributed by atoms with Gasteiger partial charge in [0.2, 0.25) is 0 Å². The van der Waals surface area contributed by atoms with Gasteiger partial charge in [-0.05, 0) is 32.4 Å². The molecular weight excluding hydrogens is 280 g/mol. The molecule has 0 unspecified atom stereocenters. The van der Waals surface area contributed by atoms with Crippen molar-refractivity contribution in [2.75, 3.05) is 11.9 Å². The number of ether oxygens (including phenoxy) is 1. The Morgan fingerprint density at radius 1 is 1.36 bits per heavy atom. The molecule has 3 rings (SSSR count). The van der Waals surface area contributed by atoms with Crippen LogP contribution in [0, 0.1) is 25.2 Å². The van der Waals surface area contributed by atoms with E-state index in [4.69, 9.17) is 10.00 Å². The molecule has 22 heavy (non-hydrogen) atoms. The van der Waals surface area contributed by atoms with Gasteiger partial charge < -0.3 is 10.1 Å². The van der Waals surface area contributed by atoms with Gasteiger partial charge in [-0.1, -0.05) is 0 Å². The lowest BCUT2D eigenvalue weighted by Crippen LogP contribution is -2.24. The smallest absolute Gasteiger partial charge is 0.163 e. The molecule has 1 aliphatic heterocycles. The van der Waals surface area contributed by atoms with Crippen LogP contribution in [-0.4, -0.2) is 32.6 Å². The summed E-state index contributed by atoms with van der Waals surface area (Å²) in [7, 11) is 1.94. The van der Waals surface area contributed by atoms with Crippen LogP contribution in [0.5, 0.6) is 0 Å². The highest BCUT2D eigenvalue weighted by Crippen LogP contribution is 2.34. The lowest BCUT2D eigenvalue weighted by Gasteiger charge is -2.20. The van der Waals surface area contributed by atoms with Gasteiger partial charge in [0.05, 0.1) is 11.7 Å². The van der Waals surface area contributed by atoms with Gasteiger partial charge in [0.1, 0.15) is 18.0 Å². The minimum atomic E-state index is -0.0499. The van der Waals surface area contributed by atoms with E-state index in [0.29, 0.717) is 18.1 Å². The lowest BCUT2D eigenvalue weighted by atomic mass is 10.0. The molecule has 0 amide bonds. The predicted molar refractivity (Wildman–Crippen MR) is 80.1 cm³/mol. The maximum atomic E-state index is 8.76. The molecule has 0 aromatic carbocycles. The van der Waals surface area contributed by atoms with E-state index in [0.717, 1.165) is 23.4 Å². The molecule has 1 N–H and O–H groups in total. The van der Waals surface area contributed by atoms with Crippen molar-refractivity contribution in [1.82, 2.24) is 20.0 Å². The largest absolute Gasteiger partial charge is 0.371 e. The number of hydrogen-bond acceptors (Lipinski definition) is 6. The number of nitrogens with one attached hydrogen (secondary N) is 1. The Morgan fingerprint density at radius 2 is 2.18 bits per heavy atom. The van der Waals surface area contributed by atoms with Crippen LogP contribution >= 0.6 is 0 Å². The van der Waals surface area contributed by atoms with Crippen molar-refractivity contribution in [2.45, 2.75) is 32.4 Å². The van der Waals surface area contributed by atoms with Crippen molar-refractivity contribution >= 4 is 5.82 Å². The minimum Gasteiger partial charge on any atom is -0.371 e. The van der Waals surface area contributed by atoms with E-state index in [1.807, 2.05) is 24.7 Å². The molecule has 0 bridgehead atoms. The number of rotatable bonds is 3. The lowest BCUT2D eigenvalue weighted by molar-refractivity contribution is 0.106. The average molecular weight is 298 g/mol. The third-order valence-corrected chi connectivity index (χ3v) is 4.05. The highest BCUT2D eigenvalue weighted by molar-refractivity contribution is 5.39. The Labute approximate surface area is 128 Å². The number of anilines is 1. The Bertz CT molecular complexity index is 715. The third kappa shape index (κ3) is 2.53. The molecule has 1 fully saturated rings. The molecule has 7 nitrogen and oxygen atoms in total. The van der Waals surface area contributed by atoms with Crippen LogP contribution in [-0.2, 0) is 11.8 Å². The first-order valence-corrected chi connectivity index (χ1v) is 7.22. The van der Waals surface area contributed by atoms with Gasteiger partial charge in [0.15, 0.2) is 5.69 Å². The Morgan fingerprint density at radius 3 is 2.77 bits per heavy atom. The zero-order chi connectivity index (χ0) is 15.7. The summed E-state index contributed by atoms with van der Waals surface area (Å²) in [4.78, 5) is 0. The molecule has 0 saturated carbocycles. The van der Waals surface area contributed by atoms with Crippen LogP contribution in [0.15, 0.2) is 12.1 Å². The number of aromatic nitrogens is 4. The molecular formula is C15H18N6O. The van der Waals surface area contributed by atoms with E-state index in [1.165, 1.54) is 0 Å². The fourth-order valence-corrected chi connectivity index (χ4v) is 2.88. The van der Waals surface area contributed by atoms with Crippen LogP contribution in [0.3, 0.4) is 0 Å². The highest BCUT2D eigenvalue weighted by Gasteiger charge is 2.33. The van der Waals surface area contributed by atoms with Crippen molar-refractivity contribution in [3.05, 3.63) is 34.8 Å². The molecule has 2 aromatic rings. The summed E-state index contributed by atoms with van der Waals surface area (Å²) in [6.07, 6.45) is 0.839. The van der Waals surface area contributed by atoms with Crippen molar-refractivity contribution < 1.29 is 4.74 Å². The van der Waals surface area contributed by atoms with Crippen LogP contribution in [0.2, 0.25) is 0 Å². The number of nitrogens with zero attached hydrogens (tertiary/aromatic N) is 5. The van der Waals surface area contributed by atoms with Gasteiger partial charge in [-0.2, -0.15) is 10.4 Å². The summed E-state index contributed by atoms with van der Waals surface area (Å²) in [5.74, 6) is 0.652. The first-order valence-electron chi connectivity index (χ1n) is 7.22. The summed E-state index contributed by atoms with van der Waals surface area (Å²) in [5, 5.41) is 24.5. The Kier molecular flexibility index (Phi) is 3.77. The molecule has 114 valence electrons. The van der Waals surface area contributed by atoms with Gasteiger partial charge >= 0.3 is 0 Å². The molecule has 3 heterocycles. The molecule has 0 radical (unpaired) electrons. The number of nitriles is 1. The van der Waals surface area contributed by atoms with Crippen LogP contribution < -0.4 is 5.32 Å². The summed E-state index contributed by atoms with van der Waals surface area (Å²) in [6.45, 7) is 4.75. The molecule has 2 aromatic heterocycles. The standard InChI is InChI=1S/C15H18N6O/c1-9-14(10(2)21(3)20-9)15-12(6-7-22-15)17-13-5-4-11(8-16)18-19-13/h4-5,12,15H,6-7H2,1-3H3,(H,17,19)/t12-,15-/m0/s1. The normalized spacial score (nSPS) is 20.8. The zero-order valence-electron chi connectivity index (χ0n) is 12.9. The van der Waals surface area contributed by atoms with Gasteiger partial charge in [-0.15, -0.1) is 10.2 Å². The monoisotopic (exact) mass is 298 g/mol. The van der Waals surface area contributed by atoms with Gasteiger partial charge in [-0.25, -0.2) is 0 Å². The fourth-order valence-electron chi connectivity index (χ4n) is 2.88. The SMILES string of the molecule is Cc1nn(C)c(C)c1[C@H]1OCC[C@@H]1Nc1ccc(C#N)nn1. The molecule has 1 saturated heterocycles. The van der Waals surface area contributed by atoms with Crippen LogP contribution in [0.1, 0.15) is 35.2 Å². The quantitative estimate of drug-likeness (QED) is 0.926. The van der Waals surface area contributed by atoms with E-state index in [9.17, 15) is 0 Å². The van der Waals surface area contributed by atoms with E-state index in [2.05, 4.69) is 27.5 Å². The molecule has 1 aliphatic rings. The van der Waals surface area contributed by atoms with E-state index in [1.54, 1.807) is 12.1 Å². The summed E-state index contributed by atoms with van der Waals surface area (Å²) < 4.78 is 7.81. The molecule has 0 spiro atoms. The van der Waals surface area contributed by atoms with Crippen molar-refractivity contribution in [3.8, 4) is 6.07 Å². The van der Waals surface area contributed by atoms with Gasteiger partial charge in [-0.3, -0.25) is 4.68 Å². The zero-order valence-corrected chi connectivity index (χ0v) is 12.9. The minimum absolute atomic E-state index is 0.0499. The second-order valence-corrected chi connectivity index (χ2v) is 5.45. The summed E-state index contributed by atoms with van der Waals surface area (Å²) >= 11 is 0. The maximum absolute atomic E-state index is 8.76. The number of hydrogen-bond donors (Lipinski definition) is 1. The Balaban J connectivity index is 1.82. The second-order valence-electron chi connectivity index (χ2n) is 5.45. The van der Waals surface area contributed by atoms with E-state index < -0.39 is 0 Å². The van der Waals surface area contributed by atoms with E-state index in [-0.39, 0.29) is 12.1 Å². The fraction of sp³-hybridized carbons (Fsp3) is 0.467. The highest BCUT2D eigenvalue weighted by atomic mass is 16.5. The Hall–Kier alpha value is -2.46. The average Bonchev–Trinajstić information content (AvgIpc) is 3.05. The van der Waals surface area contributed by atoms with Crippen molar-refractivity contribution in [1.29, 1.82) is 5.26 Å². The first-order chi connectivity index (χ1) is 10.6. The van der Waals surface area contributed by atoms with Crippen molar-refractivity contribution in [2.24, 2.45) is 7.05 Å². The van der Waals surface area contributed by atoms with Crippen molar-refractivity contribution in [3.63, 3.8) is 0 Å². The van der Waals surface area contributed by atoms with Gasteiger partial charge in [0, 0.05) is 24.9 Å². The maximum Gasteiger partial charge on any atom is 0.163 e. The number of aryl methyl sites for hydroxylation is 2. The van der Waals surface area contributed by atoms with Crippen LogP contribution in [0.4, 0.5) is 5.82 Å². The molecule has 2 atom stereocenters. The van der Waals surface area contributed by atoms with Crippen LogP contribution in [0.25, 0.3) is 0 Å². The first kappa shape index (κ1) is 14.5. The predicted octanol–water partition coefficient (Wildman–Crippen LogP) is 1.64. The third-order valence-electron chi connectivity index (χ3n) is 4.05. The summed E-state index contributed by atoms with van der Waals surface area (Å²) in [6, 6.07) is 5.50. The molecule has 7 heteroatoms.